The summed E-state index contributed by atoms with van der Waals surface area (Å²) in [5, 5.41) is 4.74. The minimum atomic E-state index is 0.698. The number of nitrogens with one attached hydrogen (secondary N) is 1. The van der Waals surface area contributed by atoms with Crippen molar-refractivity contribution in [1.29, 1.82) is 0 Å². The largest absolute Gasteiger partial charge is 0.346 e. The van der Waals surface area contributed by atoms with Crippen LogP contribution in [0.2, 0.25) is 0 Å². The zero-order valence-electron chi connectivity index (χ0n) is 14.0. The first-order valence-corrected chi connectivity index (χ1v) is 9.06. The van der Waals surface area contributed by atoms with Crippen molar-refractivity contribution < 1.29 is 0 Å². The van der Waals surface area contributed by atoms with Gasteiger partial charge in [0.1, 0.15) is 0 Å². The number of hydrogen-bond acceptors (Lipinski definition) is 5. The maximum absolute atomic E-state index is 4.79. The SMILES string of the molecule is CCCN1CCN(c2nc(C)c(CNCC(C)C)s2)CC1. The lowest BCUT2D eigenvalue weighted by Crippen LogP contribution is -2.46. The highest BCUT2D eigenvalue weighted by Crippen LogP contribution is 2.26. The zero-order chi connectivity index (χ0) is 15.2. The van der Waals surface area contributed by atoms with E-state index in [2.05, 4.69) is 42.8 Å². The Hall–Kier alpha value is -0.650. The van der Waals surface area contributed by atoms with Gasteiger partial charge in [0.25, 0.3) is 0 Å². The number of aromatic nitrogens is 1. The van der Waals surface area contributed by atoms with E-state index in [0.717, 1.165) is 26.2 Å². The number of aryl methyl sites for hydroxylation is 1. The summed E-state index contributed by atoms with van der Waals surface area (Å²) in [7, 11) is 0. The van der Waals surface area contributed by atoms with E-state index >= 15 is 0 Å². The Morgan fingerprint density at radius 2 is 1.95 bits per heavy atom. The van der Waals surface area contributed by atoms with E-state index in [-0.39, 0.29) is 0 Å². The molecule has 0 bridgehead atoms. The number of anilines is 1. The number of rotatable bonds is 7. The molecule has 0 aromatic carbocycles. The van der Waals surface area contributed by atoms with Gasteiger partial charge in [-0.1, -0.05) is 20.8 Å². The summed E-state index contributed by atoms with van der Waals surface area (Å²) in [5.41, 5.74) is 1.20. The van der Waals surface area contributed by atoms with Crippen molar-refractivity contribution in [3.05, 3.63) is 10.6 Å². The van der Waals surface area contributed by atoms with Crippen LogP contribution < -0.4 is 10.2 Å². The maximum Gasteiger partial charge on any atom is 0.185 e. The summed E-state index contributed by atoms with van der Waals surface area (Å²) in [4.78, 5) is 11.2. The molecule has 2 heterocycles. The normalized spacial score (nSPS) is 16.9. The van der Waals surface area contributed by atoms with Crippen LogP contribution in [0.5, 0.6) is 0 Å². The fourth-order valence-electron chi connectivity index (χ4n) is 2.67. The minimum absolute atomic E-state index is 0.698. The third kappa shape index (κ3) is 4.94. The number of hydrogen-bond donors (Lipinski definition) is 1. The van der Waals surface area contributed by atoms with Gasteiger partial charge >= 0.3 is 0 Å². The Kier molecular flexibility index (Phi) is 6.45. The molecule has 1 aliphatic rings. The van der Waals surface area contributed by atoms with E-state index in [0.29, 0.717) is 5.92 Å². The van der Waals surface area contributed by atoms with Crippen LogP contribution in [-0.4, -0.2) is 49.2 Å². The highest BCUT2D eigenvalue weighted by molar-refractivity contribution is 7.15. The van der Waals surface area contributed by atoms with Crippen molar-refractivity contribution >= 4 is 16.5 Å². The van der Waals surface area contributed by atoms with Gasteiger partial charge in [0, 0.05) is 37.6 Å². The Balaban J connectivity index is 1.87. The third-order valence-corrected chi connectivity index (χ3v) is 5.12. The van der Waals surface area contributed by atoms with E-state index in [1.165, 1.54) is 41.8 Å². The molecule has 0 radical (unpaired) electrons. The summed E-state index contributed by atoms with van der Waals surface area (Å²) in [5.74, 6) is 0.698. The van der Waals surface area contributed by atoms with E-state index in [9.17, 15) is 0 Å². The van der Waals surface area contributed by atoms with Crippen LogP contribution in [0, 0.1) is 12.8 Å². The van der Waals surface area contributed by atoms with Gasteiger partial charge < -0.3 is 10.2 Å². The van der Waals surface area contributed by atoms with Crippen molar-refractivity contribution in [2.45, 2.75) is 40.7 Å². The summed E-state index contributed by atoms with van der Waals surface area (Å²) < 4.78 is 0. The molecular weight excluding hydrogens is 280 g/mol. The molecule has 0 unspecified atom stereocenters. The smallest absolute Gasteiger partial charge is 0.185 e. The summed E-state index contributed by atoms with van der Waals surface area (Å²) in [6, 6.07) is 0. The van der Waals surface area contributed by atoms with Gasteiger partial charge in [-0.25, -0.2) is 4.98 Å². The van der Waals surface area contributed by atoms with Gasteiger partial charge in [-0.2, -0.15) is 0 Å². The molecule has 0 saturated carbocycles. The second-order valence-corrected chi connectivity index (χ2v) is 7.42. The molecule has 2 rings (SSSR count). The molecule has 1 aliphatic heterocycles. The second-order valence-electron chi connectivity index (χ2n) is 6.36. The van der Waals surface area contributed by atoms with E-state index < -0.39 is 0 Å². The lowest BCUT2D eigenvalue weighted by molar-refractivity contribution is 0.258. The first-order valence-electron chi connectivity index (χ1n) is 8.24. The van der Waals surface area contributed by atoms with Gasteiger partial charge in [0.2, 0.25) is 0 Å². The molecular formula is C16H30N4S. The quantitative estimate of drug-likeness (QED) is 0.839. The van der Waals surface area contributed by atoms with Gasteiger partial charge in [0.05, 0.1) is 5.69 Å². The Bertz CT molecular complexity index is 422. The van der Waals surface area contributed by atoms with Crippen LogP contribution in [0.25, 0.3) is 0 Å². The molecule has 4 nitrogen and oxygen atoms in total. The monoisotopic (exact) mass is 310 g/mol. The molecule has 21 heavy (non-hydrogen) atoms. The van der Waals surface area contributed by atoms with E-state index in [4.69, 9.17) is 4.98 Å². The Morgan fingerprint density at radius 1 is 1.24 bits per heavy atom. The van der Waals surface area contributed by atoms with Crippen molar-refractivity contribution in [2.75, 3.05) is 44.2 Å². The van der Waals surface area contributed by atoms with Gasteiger partial charge in [-0.05, 0) is 32.4 Å². The molecule has 0 amide bonds. The molecule has 1 aromatic heterocycles. The Labute approximate surface area is 133 Å². The molecule has 1 saturated heterocycles. The van der Waals surface area contributed by atoms with Crippen LogP contribution in [0.15, 0.2) is 0 Å². The number of piperazine rings is 1. The van der Waals surface area contributed by atoms with Gasteiger partial charge in [-0.3, -0.25) is 4.90 Å². The fourth-order valence-corrected chi connectivity index (χ4v) is 3.75. The molecule has 1 aromatic rings. The van der Waals surface area contributed by atoms with Crippen LogP contribution in [0.4, 0.5) is 5.13 Å². The van der Waals surface area contributed by atoms with Crippen molar-refractivity contribution in [2.24, 2.45) is 5.92 Å². The Morgan fingerprint density at radius 3 is 2.57 bits per heavy atom. The third-order valence-electron chi connectivity index (χ3n) is 3.90. The van der Waals surface area contributed by atoms with Crippen LogP contribution in [0.1, 0.15) is 37.8 Å². The number of thiazole rings is 1. The summed E-state index contributed by atoms with van der Waals surface area (Å²) in [6.07, 6.45) is 1.25. The second kappa shape index (κ2) is 8.11. The first-order chi connectivity index (χ1) is 10.1. The van der Waals surface area contributed by atoms with Gasteiger partial charge in [-0.15, -0.1) is 11.3 Å². The van der Waals surface area contributed by atoms with Gasteiger partial charge in [0.15, 0.2) is 5.13 Å². The highest BCUT2D eigenvalue weighted by Gasteiger charge is 2.19. The molecule has 5 heteroatoms. The predicted molar refractivity (Wildman–Crippen MR) is 92.3 cm³/mol. The number of nitrogens with zero attached hydrogens (tertiary/aromatic N) is 3. The van der Waals surface area contributed by atoms with E-state index in [1.54, 1.807) is 0 Å². The van der Waals surface area contributed by atoms with Crippen molar-refractivity contribution in [3.63, 3.8) is 0 Å². The molecule has 0 atom stereocenters. The lowest BCUT2D eigenvalue weighted by atomic mass is 10.2. The molecule has 0 spiro atoms. The highest BCUT2D eigenvalue weighted by atomic mass is 32.1. The van der Waals surface area contributed by atoms with Crippen LogP contribution in [0.3, 0.4) is 0 Å². The molecule has 1 N–H and O–H groups in total. The van der Waals surface area contributed by atoms with Crippen LogP contribution in [-0.2, 0) is 6.54 Å². The van der Waals surface area contributed by atoms with Crippen molar-refractivity contribution in [3.8, 4) is 0 Å². The summed E-state index contributed by atoms with van der Waals surface area (Å²) in [6.45, 7) is 16.7. The average Bonchev–Trinajstić information content (AvgIpc) is 2.81. The van der Waals surface area contributed by atoms with E-state index in [1.807, 2.05) is 11.3 Å². The molecule has 120 valence electrons. The molecule has 1 fully saturated rings. The van der Waals surface area contributed by atoms with Crippen LogP contribution >= 0.6 is 11.3 Å². The fraction of sp³-hybridized carbons (Fsp3) is 0.812. The maximum atomic E-state index is 4.79. The lowest BCUT2D eigenvalue weighted by Gasteiger charge is -2.34. The minimum Gasteiger partial charge on any atom is -0.346 e. The first kappa shape index (κ1) is 16.7. The average molecular weight is 311 g/mol. The topological polar surface area (TPSA) is 31.4 Å². The van der Waals surface area contributed by atoms with Crippen molar-refractivity contribution in [1.82, 2.24) is 15.2 Å². The molecule has 0 aliphatic carbocycles. The predicted octanol–water partition coefficient (Wildman–Crippen LogP) is 2.73. The standard InChI is InChI=1S/C16H30N4S/c1-5-6-19-7-9-20(10-8-19)16-18-14(4)15(21-16)12-17-11-13(2)3/h13,17H,5-12H2,1-4H3. The summed E-state index contributed by atoms with van der Waals surface area (Å²) >= 11 is 1.87. The zero-order valence-corrected chi connectivity index (χ0v) is 14.8.